The first-order valence-electron chi connectivity index (χ1n) is 6.66. The van der Waals surface area contributed by atoms with Gasteiger partial charge in [0, 0.05) is 23.5 Å². The van der Waals surface area contributed by atoms with E-state index in [1.165, 1.54) is 17.9 Å². The first-order valence-corrected chi connectivity index (χ1v) is 6.66. The van der Waals surface area contributed by atoms with Crippen molar-refractivity contribution in [2.45, 2.75) is 26.4 Å². The molecule has 1 aromatic carbocycles. The Balaban J connectivity index is 0.000000232. The van der Waals surface area contributed by atoms with Crippen LogP contribution in [0.15, 0.2) is 23.2 Å². The summed E-state index contributed by atoms with van der Waals surface area (Å²) >= 11 is 0. The molecule has 6 heteroatoms. The first-order chi connectivity index (χ1) is 9.90. The van der Waals surface area contributed by atoms with Crippen molar-refractivity contribution in [1.29, 1.82) is 0 Å². The van der Waals surface area contributed by atoms with Crippen molar-refractivity contribution >= 4 is 22.6 Å². The Morgan fingerprint density at radius 1 is 1.43 bits per heavy atom. The van der Waals surface area contributed by atoms with E-state index >= 15 is 0 Å². The number of aromatic nitrogens is 1. The van der Waals surface area contributed by atoms with Gasteiger partial charge in [-0.3, -0.25) is 4.99 Å². The third-order valence-corrected chi connectivity index (χ3v) is 3.32. The second-order valence-electron chi connectivity index (χ2n) is 4.94. The number of rotatable bonds is 1. The number of carboxylic acid groups (broad SMARTS) is 1. The van der Waals surface area contributed by atoms with E-state index in [9.17, 15) is 9.90 Å². The number of H-pyrrole nitrogens is 1. The summed E-state index contributed by atoms with van der Waals surface area (Å²) in [5.74, 6) is -0.884. The molecule has 0 fully saturated rings. The van der Waals surface area contributed by atoms with Crippen molar-refractivity contribution < 1.29 is 20.1 Å². The van der Waals surface area contributed by atoms with Gasteiger partial charge < -0.3 is 20.3 Å². The van der Waals surface area contributed by atoms with Crippen molar-refractivity contribution in [3.05, 3.63) is 29.5 Å². The Morgan fingerprint density at radius 2 is 2.10 bits per heavy atom. The van der Waals surface area contributed by atoms with Gasteiger partial charge >= 0.3 is 5.97 Å². The highest BCUT2D eigenvalue weighted by Gasteiger charge is 2.16. The van der Waals surface area contributed by atoms with Crippen LogP contribution in [0.2, 0.25) is 0 Å². The maximum Gasteiger partial charge on any atom is 0.332 e. The number of fused-ring (bicyclic) bond motifs is 3. The van der Waals surface area contributed by atoms with Crippen LogP contribution in [-0.4, -0.2) is 44.6 Å². The Labute approximate surface area is 121 Å². The summed E-state index contributed by atoms with van der Waals surface area (Å²) in [6.07, 6.45) is -0.248. The predicted octanol–water partition coefficient (Wildman–Crippen LogP) is 1.69. The predicted molar refractivity (Wildman–Crippen MR) is 80.1 cm³/mol. The summed E-state index contributed by atoms with van der Waals surface area (Å²) in [7, 11) is 0. The number of aliphatic hydroxyl groups excluding tert-OH is 1. The summed E-state index contributed by atoms with van der Waals surface area (Å²) in [6, 6.07) is 5.47. The van der Waals surface area contributed by atoms with Crippen LogP contribution < -0.4 is 0 Å². The molecule has 0 aliphatic carbocycles. The molecule has 2 heterocycles. The van der Waals surface area contributed by atoms with Gasteiger partial charge in [-0.2, -0.15) is 0 Å². The molecule has 0 bridgehead atoms. The summed E-state index contributed by atoms with van der Waals surface area (Å²) in [5.41, 5.74) is 4.52. The molecule has 0 spiro atoms. The fourth-order valence-corrected chi connectivity index (χ4v) is 2.23. The number of phenolic OH excluding ortho intramolecular Hbond substituents is 1. The number of carbonyl (C=O) groups is 1. The van der Waals surface area contributed by atoms with Crippen LogP contribution in [0.4, 0.5) is 0 Å². The van der Waals surface area contributed by atoms with Gasteiger partial charge in [-0.1, -0.05) is 0 Å². The highest BCUT2D eigenvalue weighted by molar-refractivity contribution is 6.05. The van der Waals surface area contributed by atoms with Crippen LogP contribution in [-0.2, 0) is 11.2 Å². The number of aromatic amines is 1. The number of aliphatic carboxylic acids is 1. The van der Waals surface area contributed by atoms with E-state index in [1.54, 1.807) is 12.1 Å². The van der Waals surface area contributed by atoms with Gasteiger partial charge in [0.05, 0.1) is 11.4 Å². The van der Waals surface area contributed by atoms with Gasteiger partial charge in [0.25, 0.3) is 0 Å². The van der Waals surface area contributed by atoms with Crippen molar-refractivity contribution in [2.24, 2.45) is 4.99 Å². The lowest BCUT2D eigenvalue weighted by Crippen LogP contribution is -2.13. The quantitative estimate of drug-likeness (QED) is 0.641. The molecule has 6 nitrogen and oxygen atoms in total. The summed E-state index contributed by atoms with van der Waals surface area (Å²) in [5, 5.41) is 26.4. The van der Waals surface area contributed by atoms with E-state index in [2.05, 4.69) is 9.98 Å². The number of benzene rings is 1. The van der Waals surface area contributed by atoms with Crippen LogP contribution in [0, 0.1) is 0 Å². The number of aromatic hydroxyl groups is 1. The highest BCUT2D eigenvalue weighted by atomic mass is 16.4. The van der Waals surface area contributed by atoms with E-state index in [1.807, 2.05) is 13.0 Å². The zero-order valence-corrected chi connectivity index (χ0v) is 11.9. The zero-order valence-electron chi connectivity index (χ0n) is 11.9. The number of hydrogen-bond donors (Lipinski definition) is 4. The molecule has 3 rings (SSSR count). The van der Waals surface area contributed by atoms with Crippen molar-refractivity contribution in [2.75, 3.05) is 6.54 Å². The molecule has 2 aromatic rings. The Bertz CT molecular complexity index is 701. The molecule has 1 aromatic heterocycles. The molecule has 0 radical (unpaired) electrons. The Hall–Kier alpha value is -2.34. The van der Waals surface area contributed by atoms with E-state index < -0.39 is 12.1 Å². The lowest BCUT2D eigenvalue weighted by Gasteiger charge is -2.08. The molecule has 1 atom stereocenters. The number of nitrogens with zero attached hydrogens (tertiary/aromatic N) is 1. The van der Waals surface area contributed by atoms with Gasteiger partial charge in [0.2, 0.25) is 0 Å². The van der Waals surface area contributed by atoms with E-state index in [0.29, 0.717) is 5.75 Å². The summed E-state index contributed by atoms with van der Waals surface area (Å²) < 4.78 is 0. The Morgan fingerprint density at radius 3 is 2.71 bits per heavy atom. The van der Waals surface area contributed by atoms with Crippen molar-refractivity contribution in [3.63, 3.8) is 0 Å². The molecule has 4 N–H and O–H groups in total. The fraction of sp³-hybridized carbons (Fsp3) is 0.333. The molecule has 112 valence electrons. The topological polar surface area (TPSA) is 106 Å². The van der Waals surface area contributed by atoms with Crippen LogP contribution in [0.5, 0.6) is 5.75 Å². The smallest absolute Gasteiger partial charge is 0.332 e. The molecule has 21 heavy (non-hydrogen) atoms. The standard InChI is InChI=1S/C12H12N2O.C3H6O3/c1-7-12-10(4-5-13-7)9-3-2-8(15)6-11(9)14-12;1-2(4)3(5)6/h2-3,6,14-15H,4-5H2,1H3;2,4H,1H3,(H,5,6). The van der Waals surface area contributed by atoms with Crippen LogP contribution >= 0.6 is 0 Å². The average molecular weight is 290 g/mol. The van der Waals surface area contributed by atoms with E-state index in [-0.39, 0.29) is 0 Å². The largest absolute Gasteiger partial charge is 0.508 e. The van der Waals surface area contributed by atoms with Gasteiger partial charge in [-0.25, -0.2) is 4.79 Å². The normalized spacial score (nSPS) is 14.7. The second-order valence-corrected chi connectivity index (χ2v) is 4.94. The molecule has 0 saturated heterocycles. The minimum absolute atomic E-state index is 0.302. The fourth-order valence-electron chi connectivity index (χ4n) is 2.23. The summed E-state index contributed by atoms with van der Waals surface area (Å²) in [4.78, 5) is 17.2. The third kappa shape index (κ3) is 3.22. The molecule has 0 saturated carbocycles. The molecular formula is C15H18N2O4. The Kier molecular flexibility index (Phi) is 4.28. The van der Waals surface area contributed by atoms with E-state index in [4.69, 9.17) is 10.2 Å². The number of hydrogen-bond acceptors (Lipinski definition) is 4. The van der Waals surface area contributed by atoms with Gasteiger partial charge in [0.1, 0.15) is 11.9 Å². The maximum atomic E-state index is 9.45. The maximum absolute atomic E-state index is 9.45. The van der Waals surface area contributed by atoms with Gasteiger partial charge in [-0.05, 0) is 38.0 Å². The third-order valence-electron chi connectivity index (χ3n) is 3.32. The zero-order chi connectivity index (χ0) is 15.6. The van der Waals surface area contributed by atoms with Crippen LogP contribution in [0.3, 0.4) is 0 Å². The van der Waals surface area contributed by atoms with Crippen LogP contribution in [0.25, 0.3) is 10.9 Å². The number of aliphatic hydroxyl groups is 1. The van der Waals surface area contributed by atoms with Gasteiger partial charge in [0.15, 0.2) is 0 Å². The number of aliphatic imine (C=N–C) groups is 1. The monoisotopic (exact) mass is 290 g/mol. The minimum Gasteiger partial charge on any atom is -0.508 e. The molecular weight excluding hydrogens is 272 g/mol. The first kappa shape index (κ1) is 15.1. The summed E-state index contributed by atoms with van der Waals surface area (Å²) in [6.45, 7) is 4.09. The SMILES string of the molecule is CC(O)C(=O)O.CC1=NCCc2c1[nH]c1cc(O)ccc21. The highest BCUT2D eigenvalue weighted by Crippen LogP contribution is 2.28. The van der Waals surface area contributed by atoms with Crippen LogP contribution in [0.1, 0.15) is 25.1 Å². The second kappa shape index (κ2) is 5.97. The van der Waals surface area contributed by atoms with Gasteiger partial charge in [-0.15, -0.1) is 0 Å². The molecule has 1 aliphatic rings. The number of carboxylic acids is 1. The van der Waals surface area contributed by atoms with Crippen molar-refractivity contribution in [3.8, 4) is 5.75 Å². The average Bonchev–Trinajstić information content (AvgIpc) is 2.78. The lowest BCUT2D eigenvalue weighted by atomic mass is 10.0. The molecule has 1 aliphatic heterocycles. The van der Waals surface area contributed by atoms with Crippen molar-refractivity contribution in [1.82, 2.24) is 4.98 Å². The van der Waals surface area contributed by atoms with E-state index in [0.717, 1.165) is 29.9 Å². The number of nitrogens with one attached hydrogen (secondary N) is 1. The minimum atomic E-state index is -1.23. The molecule has 0 amide bonds. The number of phenols is 1. The molecule has 1 unspecified atom stereocenters. The lowest BCUT2D eigenvalue weighted by molar-refractivity contribution is -0.145.